The van der Waals surface area contributed by atoms with Crippen LogP contribution < -0.4 is 0 Å². The van der Waals surface area contributed by atoms with Crippen molar-refractivity contribution >= 4 is 5.52 Å². The van der Waals surface area contributed by atoms with Crippen molar-refractivity contribution in [1.29, 1.82) is 0 Å². The van der Waals surface area contributed by atoms with Gasteiger partial charge in [0.2, 0.25) is 0 Å². The maximum Gasteiger partial charge on any atom is 0.141 e. The predicted molar refractivity (Wildman–Crippen MR) is 39.9 cm³/mol. The Hall–Kier alpha value is -1.38. The fourth-order valence-electron chi connectivity index (χ4n) is 1.09. The van der Waals surface area contributed by atoms with Gasteiger partial charge in [-0.3, -0.25) is 0 Å². The molecule has 0 aliphatic rings. The molecule has 0 unspecified atom stereocenters. The summed E-state index contributed by atoms with van der Waals surface area (Å²) in [6, 6.07) is 5.03. The Morgan fingerprint density at radius 3 is 3.09 bits per heavy atom. The van der Waals surface area contributed by atoms with E-state index in [4.69, 9.17) is 0 Å². The van der Waals surface area contributed by atoms with Crippen molar-refractivity contribution < 1.29 is 4.39 Å². The Balaban J connectivity index is 2.82. The molecule has 0 fully saturated rings. The van der Waals surface area contributed by atoms with E-state index in [0.29, 0.717) is 0 Å². The van der Waals surface area contributed by atoms with Gasteiger partial charge in [-0.05, 0) is 25.1 Å². The molecule has 0 aromatic carbocycles. The molecule has 2 nitrogen and oxygen atoms in total. The van der Waals surface area contributed by atoms with E-state index in [1.807, 2.05) is 13.0 Å². The molecule has 2 aromatic heterocycles. The summed E-state index contributed by atoms with van der Waals surface area (Å²) < 4.78 is 14.1. The number of hydrogen-bond acceptors (Lipinski definition) is 1. The van der Waals surface area contributed by atoms with Crippen LogP contribution in [0.4, 0.5) is 4.39 Å². The first-order valence-corrected chi connectivity index (χ1v) is 3.37. The molecule has 2 heterocycles. The molecule has 3 heteroatoms. The largest absolute Gasteiger partial charge is 0.238 e. The molecular weight excluding hydrogens is 143 g/mol. The summed E-state index contributed by atoms with van der Waals surface area (Å²) in [6.07, 6.45) is 1.36. The lowest BCUT2D eigenvalue weighted by Crippen LogP contribution is -1.87. The van der Waals surface area contributed by atoms with E-state index >= 15 is 0 Å². The fraction of sp³-hybridized carbons (Fsp3) is 0.125. The average molecular weight is 150 g/mol. The molecule has 11 heavy (non-hydrogen) atoms. The second kappa shape index (κ2) is 2.05. The quantitative estimate of drug-likeness (QED) is 0.559. The van der Waals surface area contributed by atoms with E-state index in [0.717, 1.165) is 11.2 Å². The van der Waals surface area contributed by atoms with Crippen LogP contribution in [0.3, 0.4) is 0 Å². The van der Waals surface area contributed by atoms with Crippen LogP contribution >= 0.6 is 0 Å². The number of rotatable bonds is 0. The number of pyridine rings is 1. The van der Waals surface area contributed by atoms with Gasteiger partial charge < -0.3 is 0 Å². The van der Waals surface area contributed by atoms with E-state index in [1.165, 1.54) is 16.8 Å². The summed E-state index contributed by atoms with van der Waals surface area (Å²) in [5.41, 5.74) is 1.82. The molecule has 0 amide bonds. The molecule has 0 aliphatic heterocycles. The molecule has 0 radical (unpaired) electrons. The molecule has 56 valence electrons. The third kappa shape index (κ3) is 0.981. The Labute approximate surface area is 63.3 Å². The highest BCUT2D eigenvalue weighted by molar-refractivity contribution is 5.46. The van der Waals surface area contributed by atoms with E-state index in [2.05, 4.69) is 5.10 Å². The Kier molecular flexibility index (Phi) is 1.18. The zero-order valence-electron chi connectivity index (χ0n) is 6.08. The molecular formula is C8H7FN2. The van der Waals surface area contributed by atoms with Gasteiger partial charge >= 0.3 is 0 Å². The van der Waals surface area contributed by atoms with Crippen LogP contribution in [0.25, 0.3) is 5.52 Å². The zero-order chi connectivity index (χ0) is 7.84. The Bertz CT molecular complexity index is 392. The van der Waals surface area contributed by atoms with Crippen LogP contribution in [-0.4, -0.2) is 9.61 Å². The molecule has 2 aromatic rings. The highest BCUT2D eigenvalue weighted by atomic mass is 19.1. The Morgan fingerprint density at radius 1 is 1.45 bits per heavy atom. The average Bonchev–Trinajstić information content (AvgIpc) is 2.27. The molecule has 0 N–H and O–H groups in total. The van der Waals surface area contributed by atoms with Gasteiger partial charge in [-0.1, -0.05) is 0 Å². The van der Waals surface area contributed by atoms with Gasteiger partial charge in [0, 0.05) is 0 Å². The first-order chi connectivity index (χ1) is 5.25. The molecule has 2 rings (SSSR count). The lowest BCUT2D eigenvalue weighted by molar-refractivity contribution is 0.614. The van der Waals surface area contributed by atoms with Gasteiger partial charge in [-0.25, -0.2) is 8.91 Å². The van der Waals surface area contributed by atoms with Gasteiger partial charge in [-0.2, -0.15) is 5.10 Å². The first-order valence-electron chi connectivity index (χ1n) is 3.37. The lowest BCUT2D eigenvalue weighted by Gasteiger charge is -1.90. The van der Waals surface area contributed by atoms with Crippen LogP contribution in [0.5, 0.6) is 0 Å². The van der Waals surface area contributed by atoms with E-state index in [1.54, 1.807) is 6.07 Å². The summed E-state index contributed by atoms with van der Waals surface area (Å²) in [6.45, 7) is 1.88. The standard InChI is InChI=1S/C8H7FN2/c1-6-4-8-3-2-7(9)5-11(8)10-6/h2-5H,1H3. The molecule has 0 saturated carbocycles. The smallest absolute Gasteiger partial charge is 0.141 e. The minimum absolute atomic E-state index is 0.263. The molecule has 0 saturated heterocycles. The Morgan fingerprint density at radius 2 is 2.27 bits per heavy atom. The summed E-state index contributed by atoms with van der Waals surface area (Å²) in [7, 11) is 0. The van der Waals surface area contributed by atoms with Crippen LogP contribution in [0.1, 0.15) is 5.69 Å². The second-order valence-corrected chi connectivity index (χ2v) is 2.50. The minimum atomic E-state index is -0.263. The summed E-state index contributed by atoms with van der Waals surface area (Å²) in [5, 5.41) is 4.05. The predicted octanol–water partition coefficient (Wildman–Crippen LogP) is 1.78. The van der Waals surface area contributed by atoms with E-state index in [-0.39, 0.29) is 5.82 Å². The van der Waals surface area contributed by atoms with Crippen LogP contribution in [0.15, 0.2) is 24.4 Å². The third-order valence-electron chi connectivity index (χ3n) is 1.55. The number of aryl methyl sites for hydroxylation is 1. The van der Waals surface area contributed by atoms with Gasteiger partial charge in [0.1, 0.15) is 5.82 Å². The molecule has 0 aliphatic carbocycles. The van der Waals surface area contributed by atoms with Gasteiger partial charge in [-0.15, -0.1) is 0 Å². The maximum absolute atomic E-state index is 12.6. The molecule has 0 spiro atoms. The number of halogens is 1. The monoisotopic (exact) mass is 150 g/mol. The molecule has 0 atom stereocenters. The van der Waals surface area contributed by atoms with E-state index in [9.17, 15) is 4.39 Å². The minimum Gasteiger partial charge on any atom is -0.238 e. The van der Waals surface area contributed by atoms with Crippen molar-refractivity contribution in [3.8, 4) is 0 Å². The highest BCUT2D eigenvalue weighted by Crippen LogP contribution is 2.06. The van der Waals surface area contributed by atoms with Crippen molar-refractivity contribution in [2.45, 2.75) is 6.92 Å². The van der Waals surface area contributed by atoms with Crippen molar-refractivity contribution in [1.82, 2.24) is 9.61 Å². The first kappa shape index (κ1) is 6.34. The SMILES string of the molecule is Cc1cc2ccc(F)cn2n1. The van der Waals surface area contributed by atoms with Gasteiger partial charge in [0.15, 0.2) is 0 Å². The number of nitrogens with zero attached hydrogens (tertiary/aromatic N) is 2. The lowest BCUT2D eigenvalue weighted by atomic mass is 10.4. The van der Waals surface area contributed by atoms with Crippen molar-refractivity contribution in [2.24, 2.45) is 0 Å². The topological polar surface area (TPSA) is 17.3 Å². The maximum atomic E-state index is 12.6. The highest BCUT2D eigenvalue weighted by Gasteiger charge is 1.96. The van der Waals surface area contributed by atoms with Crippen LogP contribution in [0, 0.1) is 12.7 Å². The van der Waals surface area contributed by atoms with E-state index < -0.39 is 0 Å². The number of hydrogen-bond donors (Lipinski definition) is 0. The number of aromatic nitrogens is 2. The summed E-state index contributed by atoms with van der Waals surface area (Å²) >= 11 is 0. The summed E-state index contributed by atoms with van der Waals surface area (Å²) in [5.74, 6) is -0.263. The molecule has 0 bridgehead atoms. The normalized spacial score (nSPS) is 10.7. The van der Waals surface area contributed by atoms with Gasteiger partial charge in [0.25, 0.3) is 0 Å². The third-order valence-corrected chi connectivity index (χ3v) is 1.55. The van der Waals surface area contributed by atoms with Crippen molar-refractivity contribution in [2.75, 3.05) is 0 Å². The van der Waals surface area contributed by atoms with Crippen LogP contribution in [0.2, 0.25) is 0 Å². The second-order valence-electron chi connectivity index (χ2n) is 2.50. The van der Waals surface area contributed by atoms with Crippen LogP contribution in [-0.2, 0) is 0 Å². The zero-order valence-corrected chi connectivity index (χ0v) is 6.08. The summed E-state index contributed by atoms with van der Waals surface area (Å²) in [4.78, 5) is 0. The fourth-order valence-corrected chi connectivity index (χ4v) is 1.09. The van der Waals surface area contributed by atoms with Crippen molar-refractivity contribution in [3.63, 3.8) is 0 Å². The van der Waals surface area contributed by atoms with Gasteiger partial charge in [0.05, 0.1) is 17.4 Å². The van der Waals surface area contributed by atoms with Crippen molar-refractivity contribution in [3.05, 3.63) is 35.9 Å². The number of fused-ring (bicyclic) bond motifs is 1.